The average molecular weight is 594 g/mol. The van der Waals surface area contributed by atoms with E-state index in [9.17, 15) is 14.7 Å². The van der Waals surface area contributed by atoms with Crippen LogP contribution in [0, 0.1) is 5.41 Å². The first-order chi connectivity index (χ1) is 19.9. The lowest BCUT2D eigenvalue weighted by Gasteiger charge is -2.40. The van der Waals surface area contributed by atoms with Gasteiger partial charge in [0.25, 0.3) is 0 Å². The minimum atomic E-state index is -0.627. The number of benzene rings is 1. The summed E-state index contributed by atoms with van der Waals surface area (Å²) in [7, 11) is 0. The molecular weight excluding hydrogens is 554 g/mol. The molecule has 0 bridgehead atoms. The molecule has 1 aromatic carbocycles. The van der Waals surface area contributed by atoms with Crippen LogP contribution in [-0.2, 0) is 9.53 Å². The molecule has 3 atom stereocenters. The largest absolute Gasteiger partial charge is 0.506 e. The summed E-state index contributed by atoms with van der Waals surface area (Å²) in [6.07, 6.45) is 7.00. The molecule has 0 radical (unpaired) electrons. The monoisotopic (exact) mass is 593 g/mol. The van der Waals surface area contributed by atoms with Crippen LogP contribution in [0.3, 0.4) is 0 Å². The number of rotatable bonds is 4. The number of hydrogen-bond acceptors (Lipinski definition) is 7. The molecule has 3 fully saturated rings. The van der Waals surface area contributed by atoms with Gasteiger partial charge in [0.15, 0.2) is 0 Å². The molecule has 224 valence electrons. The van der Waals surface area contributed by atoms with Crippen LogP contribution in [0.1, 0.15) is 82.0 Å². The van der Waals surface area contributed by atoms with Crippen LogP contribution in [0.5, 0.6) is 0 Å². The first-order valence-electron chi connectivity index (χ1n) is 15.0. The van der Waals surface area contributed by atoms with E-state index in [1.807, 2.05) is 61.8 Å². The number of ether oxygens (including phenoxy) is 1. The van der Waals surface area contributed by atoms with Crippen molar-refractivity contribution >= 4 is 35.2 Å². The Balaban J connectivity index is 1.26. The summed E-state index contributed by atoms with van der Waals surface area (Å²) in [6, 6.07) is 7.19. The van der Waals surface area contributed by atoms with Gasteiger partial charge in [0.2, 0.25) is 5.91 Å². The van der Waals surface area contributed by atoms with Crippen LogP contribution in [-0.4, -0.2) is 81.2 Å². The third-order valence-electron chi connectivity index (χ3n) is 9.33. The number of nitrogens with zero attached hydrogens (tertiary/aromatic N) is 5. The quantitative estimate of drug-likeness (QED) is 0.481. The number of aromatic nitrogens is 2. The zero-order valence-electron chi connectivity index (χ0n) is 24.8. The van der Waals surface area contributed by atoms with Crippen LogP contribution in [0.2, 0.25) is 5.02 Å². The van der Waals surface area contributed by atoms with E-state index >= 15 is 0 Å². The highest BCUT2D eigenvalue weighted by Gasteiger charge is 2.54. The van der Waals surface area contributed by atoms with Gasteiger partial charge < -0.3 is 24.5 Å². The number of fused-ring (bicyclic) bond motifs is 1. The Morgan fingerprint density at radius 1 is 1.10 bits per heavy atom. The van der Waals surface area contributed by atoms with Gasteiger partial charge in [-0.2, -0.15) is 0 Å². The van der Waals surface area contributed by atoms with Crippen LogP contribution in [0.25, 0.3) is 5.76 Å². The highest BCUT2D eigenvalue weighted by atomic mass is 35.5. The van der Waals surface area contributed by atoms with Crippen molar-refractivity contribution in [2.75, 3.05) is 37.6 Å². The third kappa shape index (κ3) is 5.32. The third-order valence-corrected chi connectivity index (χ3v) is 9.58. The Bertz CT molecular complexity index is 1390. The highest BCUT2D eigenvalue weighted by Crippen LogP contribution is 2.53. The maximum absolute atomic E-state index is 14.5. The summed E-state index contributed by atoms with van der Waals surface area (Å²) in [6.45, 7) is 10.6. The molecule has 1 aromatic heterocycles. The molecule has 4 aliphatic rings. The molecule has 9 nitrogen and oxygen atoms in total. The second kappa shape index (κ2) is 10.7. The number of anilines is 1. The zero-order chi connectivity index (χ0) is 29.8. The van der Waals surface area contributed by atoms with Crippen molar-refractivity contribution < 1.29 is 19.4 Å². The van der Waals surface area contributed by atoms with E-state index < -0.39 is 11.5 Å². The summed E-state index contributed by atoms with van der Waals surface area (Å²) in [5, 5.41) is 10.9. The van der Waals surface area contributed by atoms with Crippen LogP contribution in [0.4, 0.5) is 10.6 Å². The molecule has 0 unspecified atom stereocenters. The predicted molar refractivity (Wildman–Crippen MR) is 162 cm³/mol. The molecule has 2 amide bonds. The molecule has 2 aromatic rings. The number of allylic oxidation sites excluding steroid dienone is 1. The first-order valence-corrected chi connectivity index (χ1v) is 15.4. The normalized spacial score (nSPS) is 23.8. The SMILES string of the molecule is C[C@@H]1C=C(O)c2ncnc(N3CCN(C(=O)[C@@H](c4ccc(Cl)cc4)[C@@H]4CC5(CCC5)CN4C(=O)OC(C)(C)C)CC3)c21. The number of aliphatic hydroxyl groups excluding tert-OH is 1. The van der Waals surface area contributed by atoms with Crippen molar-refractivity contribution in [2.24, 2.45) is 5.41 Å². The molecular formula is C32H40ClN5O4. The van der Waals surface area contributed by atoms with E-state index in [1.165, 1.54) is 6.33 Å². The fourth-order valence-corrected chi connectivity index (χ4v) is 7.28. The number of hydrogen-bond donors (Lipinski definition) is 1. The van der Waals surface area contributed by atoms with Gasteiger partial charge in [-0.1, -0.05) is 37.1 Å². The summed E-state index contributed by atoms with van der Waals surface area (Å²) < 4.78 is 5.86. The number of piperazine rings is 1. The van der Waals surface area contributed by atoms with E-state index in [-0.39, 0.29) is 35.1 Å². The molecule has 42 heavy (non-hydrogen) atoms. The van der Waals surface area contributed by atoms with Crippen LogP contribution < -0.4 is 4.90 Å². The Labute approximate surface area is 252 Å². The topological polar surface area (TPSA) is 99.1 Å². The smallest absolute Gasteiger partial charge is 0.410 e. The van der Waals surface area contributed by atoms with Gasteiger partial charge in [0.1, 0.15) is 29.2 Å². The Kier molecular flexibility index (Phi) is 7.36. The summed E-state index contributed by atoms with van der Waals surface area (Å²) in [4.78, 5) is 42.8. The van der Waals surface area contributed by atoms with Crippen LogP contribution in [0.15, 0.2) is 36.7 Å². The molecule has 10 heteroatoms. The van der Waals surface area contributed by atoms with Gasteiger partial charge >= 0.3 is 6.09 Å². The van der Waals surface area contributed by atoms with E-state index in [4.69, 9.17) is 16.3 Å². The summed E-state index contributed by atoms with van der Waals surface area (Å²) in [5.41, 5.74) is 1.80. The molecule has 3 heterocycles. The number of aliphatic hydroxyl groups is 1. The summed E-state index contributed by atoms with van der Waals surface area (Å²) in [5.74, 6) is 0.521. The van der Waals surface area contributed by atoms with Gasteiger partial charge in [0.05, 0.1) is 12.0 Å². The van der Waals surface area contributed by atoms with E-state index in [0.717, 1.165) is 42.6 Å². The van der Waals surface area contributed by atoms with Crippen LogP contribution >= 0.6 is 11.6 Å². The number of halogens is 1. The Morgan fingerprint density at radius 2 is 1.79 bits per heavy atom. The van der Waals surface area contributed by atoms with Crippen molar-refractivity contribution in [2.45, 2.75) is 76.9 Å². The molecule has 2 aliphatic heterocycles. The molecule has 2 saturated heterocycles. The number of amides is 2. The Hall–Kier alpha value is -3.33. The second-order valence-corrected chi connectivity index (χ2v) is 13.8. The lowest BCUT2D eigenvalue weighted by Crippen LogP contribution is -2.53. The van der Waals surface area contributed by atoms with E-state index in [2.05, 4.69) is 14.9 Å². The zero-order valence-corrected chi connectivity index (χ0v) is 25.6. The lowest BCUT2D eigenvalue weighted by atomic mass is 9.66. The Morgan fingerprint density at radius 3 is 2.40 bits per heavy atom. The first kappa shape index (κ1) is 28.8. The molecule has 6 rings (SSSR count). The highest BCUT2D eigenvalue weighted by molar-refractivity contribution is 6.30. The van der Waals surface area contributed by atoms with Gasteiger partial charge in [-0.15, -0.1) is 0 Å². The fraction of sp³-hybridized carbons (Fsp3) is 0.562. The van der Waals surface area contributed by atoms with E-state index in [0.29, 0.717) is 43.4 Å². The van der Waals surface area contributed by atoms with Gasteiger partial charge in [-0.25, -0.2) is 14.8 Å². The van der Waals surface area contributed by atoms with E-state index in [1.54, 1.807) is 6.08 Å². The maximum Gasteiger partial charge on any atom is 0.410 e. The van der Waals surface area contributed by atoms with Crippen molar-refractivity contribution in [3.8, 4) is 0 Å². The second-order valence-electron chi connectivity index (χ2n) is 13.4. The maximum atomic E-state index is 14.5. The standard InChI is InChI=1S/C32H40ClN5O4/c1-20-16-24(39)27-25(20)28(35-19-34-27)36-12-14-37(15-13-36)29(40)26(21-6-8-22(33)9-7-21)23-17-32(10-5-11-32)18-38(23)30(41)42-31(2,3)4/h6-9,16,19-20,23,26,39H,5,10-15,17-18H2,1-4H3/t20-,23+,26+/m1/s1. The van der Waals surface area contributed by atoms with Gasteiger partial charge in [-0.05, 0) is 69.2 Å². The number of carbonyl (C=O) groups excluding carboxylic acids is 2. The minimum Gasteiger partial charge on any atom is -0.506 e. The minimum absolute atomic E-state index is 0.0187. The molecule has 1 spiro atoms. The average Bonchev–Trinajstić information content (AvgIpc) is 3.47. The molecule has 1 saturated carbocycles. The van der Waals surface area contributed by atoms with Crippen molar-refractivity contribution in [3.63, 3.8) is 0 Å². The number of carbonyl (C=O) groups is 2. The van der Waals surface area contributed by atoms with Crippen molar-refractivity contribution in [1.29, 1.82) is 0 Å². The van der Waals surface area contributed by atoms with Crippen molar-refractivity contribution in [3.05, 3.63) is 58.5 Å². The summed E-state index contributed by atoms with van der Waals surface area (Å²) >= 11 is 6.25. The van der Waals surface area contributed by atoms with Gasteiger partial charge in [-0.3, -0.25) is 4.79 Å². The fourth-order valence-electron chi connectivity index (χ4n) is 7.15. The van der Waals surface area contributed by atoms with Gasteiger partial charge in [0, 0.05) is 49.2 Å². The van der Waals surface area contributed by atoms with Crippen molar-refractivity contribution in [1.82, 2.24) is 19.8 Å². The molecule has 2 aliphatic carbocycles. The number of likely N-dealkylation sites (tertiary alicyclic amines) is 1. The predicted octanol–water partition coefficient (Wildman–Crippen LogP) is 5.76. The molecule has 1 N–H and O–H groups in total. The lowest BCUT2D eigenvalue weighted by molar-refractivity contribution is -0.134.